The highest BCUT2D eigenvalue weighted by Gasteiger charge is 2.30. The summed E-state index contributed by atoms with van der Waals surface area (Å²) in [6, 6.07) is 18.0. The molecular formula is C39H56N8O5S. The third kappa shape index (κ3) is 10.8. The summed E-state index contributed by atoms with van der Waals surface area (Å²) in [5.41, 5.74) is 10.0. The smallest absolute Gasteiger partial charge is 0.320 e. The number of nitrogens with two attached hydrogens (primary N) is 1. The Bertz CT molecular complexity index is 2050. The Morgan fingerprint density at radius 3 is 2.55 bits per heavy atom. The molecule has 0 bridgehead atoms. The summed E-state index contributed by atoms with van der Waals surface area (Å²) in [7, 11) is -3.55. The first kappa shape index (κ1) is 39.3. The number of carbonyl (C=O) groups is 1. The van der Waals surface area contributed by atoms with Crippen molar-refractivity contribution in [2.24, 2.45) is 16.1 Å². The number of hydrogen-bond donors (Lipinski definition) is 5. The molecule has 1 aliphatic carbocycles. The summed E-state index contributed by atoms with van der Waals surface area (Å²) < 4.78 is 35.8. The Kier molecular flexibility index (Phi) is 12.4. The van der Waals surface area contributed by atoms with E-state index in [4.69, 9.17) is 30.5 Å². The molecule has 5 rings (SSSR count). The van der Waals surface area contributed by atoms with Crippen molar-refractivity contribution in [2.75, 3.05) is 19.4 Å². The van der Waals surface area contributed by atoms with Crippen molar-refractivity contribution in [3.63, 3.8) is 0 Å². The largest absolute Gasteiger partial charge is 0.484 e. The molecule has 53 heavy (non-hydrogen) atoms. The van der Waals surface area contributed by atoms with E-state index in [1.807, 2.05) is 56.0 Å². The van der Waals surface area contributed by atoms with E-state index in [2.05, 4.69) is 17.6 Å². The molecule has 3 aromatic rings. The van der Waals surface area contributed by atoms with E-state index >= 15 is 0 Å². The molecule has 6 N–H and O–H groups in total. The molecule has 288 valence electrons. The van der Waals surface area contributed by atoms with Crippen LogP contribution < -0.4 is 26.6 Å². The minimum Gasteiger partial charge on any atom is -0.484 e. The van der Waals surface area contributed by atoms with E-state index in [-0.39, 0.29) is 50.3 Å². The van der Waals surface area contributed by atoms with Gasteiger partial charge in [-0.3, -0.25) is 24.9 Å². The molecule has 1 aliphatic heterocycles. The molecule has 2 aliphatic rings. The van der Waals surface area contributed by atoms with Gasteiger partial charge in [0.25, 0.3) is 10.1 Å². The molecule has 1 fully saturated rings. The number of benzene rings is 2. The minimum atomic E-state index is -3.55. The Morgan fingerprint density at radius 1 is 1.08 bits per heavy atom. The molecule has 2 aromatic carbocycles. The number of amidine groups is 1. The third-order valence-electron chi connectivity index (χ3n) is 9.49. The van der Waals surface area contributed by atoms with Crippen LogP contribution in [-0.4, -0.2) is 61.2 Å². The maximum absolute atomic E-state index is 13.6. The van der Waals surface area contributed by atoms with Gasteiger partial charge in [0.1, 0.15) is 23.2 Å². The topological polar surface area (TPSA) is 188 Å². The number of nitrogens with zero attached hydrogens (tertiary/aromatic N) is 3. The van der Waals surface area contributed by atoms with E-state index in [0.29, 0.717) is 36.4 Å². The number of aromatic nitrogens is 1. The van der Waals surface area contributed by atoms with Crippen LogP contribution in [0, 0.1) is 16.2 Å². The van der Waals surface area contributed by atoms with E-state index in [1.54, 1.807) is 47.2 Å². The minimum absolute atomic E-state index is 0. The van der Waals surface area contributed by atoms with Gasteiger partial charge in [-0.25, -0.2) is 9.79 Å². The number of amides is 2. The number of likely N-dealkylation sites (tertiary alicyclic amines) is 1. The summed E-state index contributed by atoms with van der Waals surface area (Å²) in [6.45, 7) is 8.83. The lowest BCUT2D eigenvalue weighted by atomic mass is 9.85. The van der Waals surface area contributed by atoms with E-state index in [1.165, 1.54) is 0 Å². The Morgan fingerprint density at radius 2 is 1.83 bits per heavy atom. The molecule has 0 radical (unpaired) electrons. The van der Waals surface area contributed by atoms with Gasteiger partial charge in [0.15, 0.2) is 0 Å². The monoisotopic (exact) mass is 748 g/mol. The van der Waals surface area contributed by atoms with Gasteiger partial charge >= 0.3 is 6.03 Å². The summed E-state index contributed by atoms with van der Waals surface area (Å²) >= 11 is 0. The summed E-state index contributed by atoms with van der Waals surface area (Å²) in [5, 5.41) is 23.4. The molecular weight excluding hydrogens is 693 g/mol. The van der Waals surface area contributed by atoms with E-state index in [9.17, 15) is 13.2 Å². The summed E-state index contributed by atoms with van der Waals surface area (Å²) in [6.07, 6.45) is 8.89. The molecule has 2 heterocycles. The molecule has 0 unspecified atom stereocenters. The number of nitrogens with one attached hydrogen (secondary N) is 4. The number of carbonyl (C=O) groups excluding carboxylic acids is 1. The van der Waals surface area contributed by atoms with Gasteiger partial charge in [0.2, 0.25) is 5.96 Å². The fourth-order valence-electron chi connectivity index (χ4n) is 6.47. The van der Waals surface area contributed by atoms with Crippen molar-refractivity contribution >= 4 is 33.6 Å². The Labute approximate surface area is 315 Å². The van der Waals surface area contributed by atoms with Crippen molar-refractivity contribution < 1.29 is 25.0 Å². The van der Waals surface area contributed by atoms with Gasteiger partial charge in [-0.2, -0.15) is 8.42 Å². The summed E-state index contributed by atoms with van der Waals surface area (Å²) in [5.74, 6) is 1.09. The Balaban J connectivity index is 0.00000406. The number of allylic oxidation sites excluding steroid dienone is 1. The first-order valence-corrected chi connectivity index (χ1v) is 19.8. The number of pyridine rings is 1. The number of rotatable bonds is 9. The third-order valence-corrected chi connectivity index (χ3v) is 10.1. The predicted molar refractivity (Wildman–Crippen MR) is 211 cm³/mol. The van der Waals surface area contributed by atoms with E-state index < -0.39 is 16.1 Å². The first-order chi connectivity index (χ1) is 25.1. The van der Waals surface area contributed by atoms with Gasteiger partial charge in [-0.1, -0.05) is 57.2 Å². The fourth-order valence-corrected chi connectivity index (χ4v) is 6.85. The van der Waals surface area contributed by atoms with Crippen LogP contribution in [0.1, 0.15) is 91.5 Å². The average Bonchev–Trinajstić information content (AvgIpc) is 3.09. The van der Waals surface area contributed by atoms with Gasteiger partial charge < -0.3 is 20.7 Å². The molecule has 1 aromatic heterocycles. The maximum atomic E-state index is 13.6. The normalized spacial score (nSPS) is 19.6. The van der Waals surface area contributed by atoms with Crippen LogP contribution in [0.15, 0.2) is 83.6 Å². The number of urea groups is 1. The van der Waals surface area contributed by atoms with Crippen LogP contribution in [0.25, 0.3) is 0 Å². The fraction of sp³-hybridized carbons (Fsp3) is 0.436. The number of hydrogen-bond acceptors (Lipinski definition) is 9. The van der Waals surface area contributed by atoms with Crippen molar-refractivity contribution in [1.82, 2.24) is 20.1 Å². The van der Waals surface area contributed by atoms with Gasteiger partial charge in [0, 0.05) is 32.6 Å². The molecule has 1 saturated heterocycles. The average molecular weight is 749 g/mol. The second-order valence-electron chi connectivity index (χ2n) is 14.7. The highest BCUT2D eigenvalue weighted by molar-refractivity contribution is 7.85. The maximum Gasteiger partial charge on any atom is 0.320 e. The zero-order chi connectivity index (χ0) is 38.3. The van der Waals surface area contributed by atoms with Gasteiger partial charge in [0.05, 0.1) is 30.8 Å². The SMILES string of the molecule is C[C@H]1CCCCN1C(=N)n1cc(O[C@@H]2CC[C@H](NC(=O)NC(/C=C(\N)C(C)(C)C)=Nc3cccc(CCOS(C)(=O)=O)c3)c3ccccc32)ccc1=N.[HH].[HH]. The van der Waals surface area contributed by atoms with Crippen LogP contribution in [-0.2, 0) is 20.7 Å². The molecule has 14 heteroatoms. The Hall–Kier alpha value is -4.95. The lowest BCUT2D eigenvalue weighted by Gasteiger charge is -2.36. The van der Waals surface area contributed by atoms with Crippen LogP contribution in [0.3, 0.4) is 0 Å². The zero-order valence-electron chi connectivity index (χ0n) is 31.2. The molecule has 0 saturated carbocycles. The number of aliphatic imine (C=N–C) groups is 1. The second-order valence-corrected chi connectivity index (χ2v) is 16.4. The van der Waals surface area contributed by atoms with Gasteiger partial charge in [-0.15, -0.1) is 0 Å². The van der Waals surface area contributed by atoms with Crippen LogP contribution >= 0.6 is 0 Å². The van der Waals surface area contributed by atoms with Crippen molar-refractivity contribution in [2.45, 2.75) is 84.4 Å². The second kappa shape index (κ2) is 16.8. The van der Waals surface area contributed by atoms with Crippen LogP contribution in [0.2, 0.25) is 0 Å². The highest BCUT2D eigenvalue weighted by Crippen LogP contribution is 2.38. The quantitative estimate of drug-likeness (QED) is 0.0937. The lowest BCUT2D eigenvalue weighted by molar-refractivity contribution is 0.170. The standard InChI is InChI=1S/C39H52N8O5S.2H2/c1-26-11-8-9-21-46(26)37(42)47-25-29(16-19-35(47)41)52-33-18-17-32(30-14-6-7-15-31(30)33)44-38(48)45-36(24-34(40)39(2,3)4)43-28-13-10-12-27(23-28)20-22-51-53(5,49)50;;/h6-7,10,12-16,19,23-26,32-33,41-42H,8-9,11,17-18,20-22,40H2,1-5H3,(H2,43,44,45,48);2*1H/b34-24-,41-35?,42-37?;;/t26-,32-,33+;;/m0../s1. The van der Waals surface area contributed by atoms with Gasteiger partial charge in [-0.05, 0) is 86.4 Å². The highest BCUT2D eigenvalue weighted by atomic mass is 32.2. The lowest BCUT2D eigenvalue weighted by Crippen LogP contribution is -2.47. The predicted octanol–water partition coefficient (Wildman–Crippen LogP) is 6.51. The van der Waals surface area contributed by atoms with Crippen molar-refractivity contribution in [3.05, 3.63) is 101 Å². The number of piperidine rings is 1. The zero-order valence-corrected chi connectivity index (χ0v) is 32.0. The summed E-state index contributed by atoms with van der Waals surface area (Å²) in [4.78, 5) is 20.3. The molecule has 3 atom stereocenters. The molecule has 2 amide bonds. The molecule has 0 spiro atoms. The van der Waals surface area contributed by atoms with Crippen molar-refractivity contribution in [3.8, 4) is 5.75 Å². The first-order valence-electron chi connectivity index (χ1n) is 18.0. The van der Waals surface area contributed by atoms with Crippen LogP contribution in [0.4, 0.5) is 10.5 Å². The van der Waals surface area contributed by atoms with Crippen LogP contribution in [0.5, 0.6) is 5.75 Å². The van der Waals surface area contributed by atoms with Crippen molar-refractivity contribution in [1.29, 1.82) is 10.8 Å². The number of fused-ring (bicyclic) bond motifs is 1. The molecule has 13 nitrogen and oxygen atoms in total. The number of ether oxygens (including phenoxy) is 1. The van der Waals surface area contributed by atoms with E-state index in [0.717, 1.165) is 48.8 Å².